The number of nitrogens with zero attached hydrogens (tertiary/aromatic N) is 3. The van der Waals surface area contributed by atoms with Gasteiger partial charge in [-0.25, -0.2) is 0 Å². The summed E-state index contributed by atoms with van der Waals surface area (Å²) in [6.45, 7) is 3.91. The fraction of sp³-hybridized carbons (Fsp3) is 0.667. The number of pyridine rings is 1. The molecule has 0 aliphatic carbocycles. The molecule has 1 fully saturated rings. The van der Waals surface area contributed by atoms with Crippen LogP contribution >= 0.6 is 0 Å². The van der Waals surface area contributed by atoms with E-state index in [0.29, 0.717) is 0 Å². The maximum Gasteiger partial charge on any atom is 0.0544 e. The fourth-order valence-electron chi connectivity index (χ4n) is 2.96. The molecule has 1 unspecified atom stereocenters. The summed E-state index contributed by atoms with van der Waals surface area (Å²) >= 11 is 0. The molecule has 1 aliphatic heterocycles. The molecule has 19 heavy (non-hydrogen) atoms. The van der Waals surface area contributed by atoms with Crippen LogP contribution in [0.5, 0.6) is 0 Å². The average Bonchev–Trinajstić information content (AvgIpc) is 2.62. The van der Waals surface area contributed by atoms with Gasteiger partial charge in [0, 0.05) is 24.8 Å². The van der Waals surface area contributed by atoms with Crippen LogP contribution in [0.4, 0.5) is 0 Å². The maximum atomic E-state index is 6.13. The van der Waals surface area contributed by atoms with Gasteiger partial charge in [0.25, 0.3) is 0 Å². The van der Waals surface area contributed by atoms with E-state index in [2.05, 4.69) is 34.9 Å². The Hall–Kier alpha value is -0.970. The first-order valence-corrected chi connectivity index (χ1v) is 7.16. The van der Waals surface area contributed by atoms with Crippen LogP contribution in [0.3, 0.4) is 0 Å². The molecule has 2 rings (SSSR count). The van der Waals surface area contributed by atoms with Gasteiger partial charge in [-0.1, -0.05) is 6.07 Å². The lowest BCUT2D eigenvalue weighted by Gasteiger charge is -2.40. The fourth-order valence-corrected chi connectivity index (χ4v) is 2.96. The summed E-state index contributed by atoms with van der Waals surface area (Å²) in [5.74, 6) is 0. The minimum atomic E-state index is 0.127. The molecule has 1 aromatic heterocycles. The van der Waals surface area contributed by atoms with Crippen LogP contribution < -0.4 is 5.73 Å². The third-order valence-electron chi connectivity index (χ3n) is 4.46. The Bertz CT molecular complexity index is 381. The van der Waals surface area contributed by atoms with Crippen LogP contribution in [-0.4, -0.2) is 54.1 Å². The Morgan fingerprint density at radius 3 is 2.89 bits per heavy atom. The number of likely N-dealkylation sites (tertiary alicyclic amines) is 1. The van der Waals surface area contributed by atoms with Crippen molar-refractivity contribution in [1.82, 2.24) is 14.8 Å². The molecule has 0 amide bonds. The molecular formula is C15H26N4. The van der Waals surface area contributed by atoms with E-state index in [1.54, 1.807) is 0 Å². The Morgan fingerprint density at radius 2 is 2.21 bits per heavy atom. The quantitative estimate of drug-likeness (QED) is 0.889. The Morgan fingerprint density at radius 1 is 1.37 bits per heavy atom. The van der Waals surface area contributed by atoms with Gasteiger partial charge in [-0.05, 0) is 58.6 Å². The zero-order valence-electron chi connectivity index (χ0n) is 12.2. The van der Waals surface area contributed by atoms with Crippen molar-refractivity contribution in [3.05, 3.63) is 30.1 Å². The predicted molar refractivity (Wildman–Crippen MR) is 78.8 cm³/mol. The van der Waals surface area contributed by atoms with Gasteiger partial charge in [0.1, 0.15) is 0 Å². The zero-order chi connectivity index (χ0) is 13.7. The molecule has 1 atom stereocenters. The van der Waals surface area contributed by atoms with E-state index in [4.69, 9.17) is 5.73 Å². The highest BCUT2D eigenvalue weighted by Crippen LogP contribution is 2.27. The van der Waals surface area contributed by atoms with E-state index in [0.717, 1.165) is 31.7 Å². The molecule has 1 saturated heterocycles. The molecule has 2 heterocycles. The molecular weight excluding hydrogens is 236 g/mol. The summed E-state index contributed by atoms with van der Waals surface area (Å²) < 4.78 is 0. The smallest absolute Gasteiger partial charge is 0.0544 e. The summed E-state index contributed by atoms with van der Waals surface area (Å²) in [5.41, 5.74) is 7.38. The molecule has 0 aromatic carbocycles. The van der Waals surface area contributed by atoms with Gasteiger partial charge in [0.15, 0.2) is 0 Å². The van der Waals surface area contributed by atoms with E-state index < -0.39 is 0 Å². The zero-order valence-corrected chi connectivity index (χ0v) is 12.2. The Balaban J connectivity index is 2.07. The summed E-state index contributed by atoms with van der Waals surface area (Å²) in [6, 6.07) is 6.10. The molecule has 4 heteroatoms. The lowest BCUT2D eigenvalue weighted by atomic mass is 9.88. The highest BCUT2D eigenvalue weighted by molar-refractivity contribution is 5.05. The van der Waals surface area contributed by atoms with E-state index in [1.165, 1.54) is 19.4 Å². The summed E-state index contributed by atoms with van der Waals surface area (Å²) in [4.78, 5) is 9.24. The van der Waals surface area contributed by atoms with E-state index >= 15 is 0 Å². The number of hydrogen-bond acceptors (Lipinski definition) is 4. The summed E-state index contributed by atoms with van der Waals surface area (Å²) in [7, 11) is 4.39. The minimum Gasteiger partial charge on any atom is -0.329 e. The van der Waals surface area contributed by atoms with Gasteiger partial charge in [-0.2, -0.15) is 0 Å². The van der Waals surface area contributed by atoms with Crippen LogP contribution in [0.1, 0.15) is 25.0 Å². The lowest BCUT2D eigenvalue weighted by Crippen LogP contribution is -2.52. The Kier molecular flexibility index (Phi) is 4.91. The summed E-state index contributed by atoms with van der Waals surface area (Å²) in [6.07, 6.45) is 5.40. The van der Waals surface area contributed by atoms with Crippen LogP contribution in [0, 0.1) is 0 Å². The molecule has 0 saturated carbocycles. The average molecular weight is 262 g/mol. The molecule has 0 spiro atoms. The first-order valence-electron chi connectivity index (χ1n) is 7.16. The van der Waals surface area contributed by atoms with Crippen molar-refractivity contribution < 1.29 is 0 Å². The van der Waals surface area contributed by atoms with Crippen LogP contribution in [0.15, 0.2) is 24.4 Å². The van der Waals surface area contributed by atoms with E-state index in [1.807, 2.05) is 18.3 Å². The topological polar surface area (TPSA) is 45.4 Å². The standard InChI is InChI=1S/C15H26N4/c1-18-10-5-7-15(13-16,8-11-18)19(2)12-14-6-3-4-9-17-14/h3-4,6,9H,5,7-8,10-13,16H2,1-2H3. The normalized spacial score (nSPS) is 25.5. The number of likely N-dealkylation sites (N-methyl/N-ethyl adjacent to an activating group) is 1. The third-order valence-corrected chi connectivity index (χ3v) is 4.46. The second-order valence-electron chi connectivity index (χ2n) is 5.76. The summed E-state index contributed by atoms with van der Waals surface area (Å²) in [5, 5.41) is 0. The van der Waals surface area contributed by atoms with Crippen molar-refractivity contribution in [3.63, 3.8) is 0 Å². The van der Waals surface area contributed by atoms with Gasteiger partial charge in [0.05, 0.1) is 5.69 Å². The number of aromatic nitrogens is 1. The number of nitrogens with two attached hydrogens (primary N) is 1. The largest absolute Gasteiger partial charge is 0.329 e. The van der Waals surface area contributed by atoms with Gasteiger partial charge in [0.2, 0.25) is 0 Å². The first-order chi connectivity index (χ1) is 9.16. The van der Waals surface area contributed by atoms with Crippen molar-refractivity contribution in [3.8, 4) is 0 Å². The number of rotatable bonds is 4. The van der Waals surface area contributed by atoms with Crippen molar-refractivity contribution in [1.29, 1.82) is 0 Å². The molecule has 0 bridgehead atoms. The van der Waals surface area contributed by atoms with Gasteiger partial charge in [-0.15, -0.1) is 0 Å². The maximum absolute atomic E-state index is 6.13. The van der Waals surface area contributed by atoms with E-state index in [9.17, 15) is 0 Å². The van der Waals surface area contributed by atoms with Crippen LogP contribution in [0.2, 0.25) is 0 Å². The van der Waals surface area contributed by atoms with Crippen molar-refractivity contribution in [2.75, 3.05) is 33.7 Å². The van der Waals surface area contributed by atoms with Crippen molar-refractivity contribution in [2.45, 2.75) is 31.3 Å². The second kappa shape index (κ2) is 6.46. The van der Waals surface area contributed by atoms with Gasteiger partial charge in [-0.3, -0.25) is 9.88 Å². The molecule has 1 aromatic rings. The van der Waals surface area contributed by atoms with Crippen LogP contribution in [-0.2, 0) is 6.54 Å². The third kappa shape index (κ3) is 3.53. The Labute approximate surface area is 116 Å². The predicted octanol–water partition coefficient (Wildman–Crippen LogP) is 1.33. The van der Waals surface area contributed by atoms with Gasteiger partial charge >= 0.3 is 0 Å². The highest BCUT2D eigenvalue weighted by atomic mass is 15.2. The van der Waals surface area contributed by atoms with Crippen LogP contribution in [0.25, 0.3) is 0 Å². The molecule has 1 aliphatic rings. The number of hydrogen-bond donors (Lipinski definition) is 1. The van der Waals surface area contributed by atoms with Gasteiger partial charge < -0.3 is 10.6 Å². The minimum absolute atomic E-state index is 0.127. The highest BCUT2D eigenvalue weighted by Gasteiger charge is 2.34. The van der Waals surface area contributed by atoms with Crippen molar-refractivity contribution in [2.24, 2.45) is 5.73 Å². The monoisotopic (exact) mass is 262 g/mol. The first kappa shape index (κ1) is 14.4. The molecule has 4 nitrogen and oxygen atoms in total. The second-order valence-corrected chi connectivity index (χ2v) is 5.76. The molecule has 2 N–H and O–H groups in total. The SMILES string of the molecule is CN1CCCC(CN)(N(C)Cc2ccccn2)CC1. The lowest BCUT2D eigenvalue weighted by molar-refractivity contribution is 0.0990. The van der Waals surface area contributed by atoms with E-state index in [-0.39, 0.29) is 5.54 Å². The molecule has 106 valence electrons. The van der Waals surface area contributed by atoms with Crippen molar-refractivity contribution >= 4 is 0 Å². The molecule has 0 radical (unpaired) electrons.